The van der Waals surface area contributed by atoms with E-state index in [0.717, 1.165) is 37.7 Å². The molecule has 1 nitrogen and oxygen atoms in total. The largest absolute Gasteiger partial charge is 0.386 e. The maximum atomic E-state index is 14.2. The quantitative estimate of drug-likeness (QED) is 0.298. The van der Waals surface area contributed by atoms with E-state index >= 15 is 0 Å². The van der Waals surface area contributed by atoms with Crippen LogP contribution in [0.1, 0.15) is 85.5 Å². The molecule has 5 unspecified atom stereocenters. The van der Waals surface area contributed by atoms with Crippen molar-refractivity contribution in [2.24, 2.45) is 17.3 Å². The van der Waals surface area contributed by atoms with E-state index in [1.165, 1.54) is 18.4 Å². The highest BCUT2D eigenvalue weighted by molar-refractivity contribution is 6.21. The molecule has 0 radical (unpaired) electrons. The minimum atomic E-state index is -1.01. The molecule has 5 atom stereocenters. The highest BCUT2D eigenvalue weighted by atomic mass is 35.5. The van der Waals surface area contributed by atoms with Gasteiger partial charge in [-0.3, -0.25) is 0 Å². The zero-order valence-electron chi connectivity index (χ0n) is 20.5. The summed E-state index contributed by atoms with van der Waals surface area (Å²) in [6.45, 7) is 12.8. The Morgan fingerprint density at radius 3 is 2.75 bits per heavy atom. The van der Waals surface area contributed by atoms with Gasteiger partial charge in [-0.25, -0.2) is 4.39 Å². The topological polar surface area (TPSA) is 20.2 Å². The number of aliphatic hydroxyl groups is 1. The lowest BCUT2D eigenvalue weighted by molar-refractivity contribution is 0.0824. The van der Waals surface area contributed by atoms with E-state index in [9.17, 15) is 9.50 Å². The third kappa shape index (κ3) is 5.33. The van der Waals surface area contributed by atoms with E-state index in [2.05, 4.69) is 44.7 Å². The Balaban J connectivity index is 1.73. The summed E-state index contributed by atoms with van der Waals surface area (Å²) in [4.78, 5) is 0. The van der Waals surface area contributed by atoms with Crippen molar-refractivity contribution in [3.05, 3.63) is 59.3 Å². The molecule has 3 heteroatoms. The van der Waals surface area contributed by atoms with Crippen molar-refractivity contribution in [3.63, 3.8) is 0 Å². The highest BCUT2D eigenvalue weighted by Gasteiger charge is 2.45. The third-order valence-corrected chi connectivity index (χ3v) is 8.81. The molecule has 3 aliphatic rings. The summed E-state index contributed by atoms with van der Waals surface area (Å²) in [5.74, 6) is 1.00. The molecule has 0 aromatic heterocycles. The van der Waals surface area contributed by atoms with Crippen LogP contribution in [0.15, 0.2) is 59.3 Å². The number of rotatable bonds is 7. The normalized spacial score (nSPS) is 34.9. The number of fused-ring (bicyclic) bond motifs is 1. The van der Waals surface area contributed by atoms with Crippen molar-refractivity contribution in [1.29, 1.82) is 0 Å². The molecule has 0 aliphatic heterocycles. The van der Waals surface area contributed by atoms with Crippen molar-refractivity contribution in [2.45, 2.75) is 103 Å². The second kappa shape index (κ2) is 10.4. The first-order valence-corrected chi connectivity index (χ1v) is 13.0. The van der Waals surface area contributed by atoms with Gasteiger partial charge in [-0.1, -0.05) is 75.8 Å². The fourth-order valence-corrected chi connectivity index (χ4v) is 6.45. The van der Waals surface area contributed by atoms with E-state index in [0.29, 0.717) is 30.3 Å². The van der Waals surface area contributed by atoms with Gasteiger partial charge in [-0.15, -0.1) is 11.6 Å². The summed E-state index contributed by atoms with van der Waals surface area (Å²) in [5.41, 5.74) is 4.19. The van der Waals surface area contributed by atoms with Crippen LogP contribution < -0.4 is 0 Å². The molecule has 3 aliphatic carbocycles. The first-order valence-electron chi connectivity index (χ1n) is 12.6. The molecule has 1 N–H and O–H groups in total. The second-order valence-corrected chi connectivity index (χ2v) is 11.1. The predicted molar refractivity (Wildman–Crippen MR) is 136 cm³/mol. The summed E-state index contributed by atoms with van der Waals surface area (Å²) in [6.07, 6.45) is 18.2. The van der Waals surface area contributed by atoms with Crippen LogP contribution in [0.2, 0.25) is 0 Å². The smallest absolute Gasteiger partial charge is 0.126 e. The lowest BCUT2D eigenvalue weighted by atomic mass is 9.62. The average molecular weight is 461 g/mol. The van der Waals surface area contributed by atoms with Crippen molar-refractivity contribution < 1.29 is 9.50 Å². The Morgan fingerprint density at radius 2 is 2.06 bits per heavy atom. The summed E-state index contributed by atoms with van der Waals surface area (Å²) in [5, 5.41) is 10.4. The Kier molecular flexibility index (Phi) is 8.31. The van der Waals surface area contributed by atoms with Gasteiger partial charge < -0.3 is 5.11 Å². The molecule has 0 aromatic rings. The number of alkyl halides is 2. The zero-order chi connectivity index (χ0) is 23.5. The van der Waals surface area contributed by atoms with Gasteiger partial charge in [-0.2, -0.15) is 0 Å². The number of hydrogen-bond donors (Lipinski definition) is 1. The lowest BCUT2D eigenvalue weighted by Crippen LogP contribution is -2.32. The Bertz CT molecular complexity index is 815. The molecule has 0 saturated heterocycles. The molecule has 3 rings (SSSR count). The molecule has 0 bridgehead atoms. The summed E-state index contributed by atoms with van der Waals surface area (Å²) in [6, 6.07) is 0. The van der Waals surface area contributed by atoms with Crippen LogP contribution in [-0.2, 0) is 0 Å². The number of halogens is 2. The lowest BCUT2D eigenvalue weighted by Gasteiger charge is -2.42. The molecule has 32 heavy (non-hydrogen) atoms. The van der Waals surface area contributed by atoms with Gasteiger partial charge in [0.1, 0.15) is 6.17 Å². The van der Waals surface area contributed by atoms with E-state index in [4.69, 9.17) is 11.6 Å². The first kappa shape index (κ1) is 25.5. The fourth-order valence-electron chi connectivity index (χ4n) is 6.12. The van der Waals surface area contributed by atoms with Gasteiger partial charge >= 0.3 is 0 Å². The van der Waals surface area contributed by atoms with E-state index in [1.807, 2.05) is 19.9 Å². The molecule has 178 valence electrons. The zero-order valence-corrected chi connectivity index (χ0v) is 21.2. The van der Waals surface area contributed by atoms with E-state index in [-0.39, 0.29) is 10.8 Å². The van der Waals surface area contributed by atoms with E-state index < -0.39 is 11.8 Å². The van der Waals surface area contributed by atoms with Gasteiger partial charge in [0.15, 0.2) is 0 Å². The van der Waals surface area contributed by atoms with Crippen molar-refractivity contribution >= 4 is 11.6 Å². The molecular formula is C29H42ClFO. The second-order valence-electron chi connectivity index (χ2n) is 10.5. The minimum absolute atomic E-state index is 0.136. The molecule has 0 heterocycles. The fraction of sp³-hybridized carbons (Fsp3) is 0.655. The van der Waals surface area contributed by atoms with Gasteiger partial charge in [0.05, 0.1) is 5.60 Å². The standard InChI is InChI=1S/C29H42ClFO/c1-6-29(32,7-2)17-8-10-20(3)25-14-15-26-22(11-9-16-28(25,26)5)12-13-23-18-24(30)19-27(31)21(23)4/h8,12-14,17,20,24,26-27,32H,4,6-7,9-11,15-16,18-19H2,1-3,5H3/b17-8+,22-12-,23-13+. The highest BCUT2D eigenvalue weighted by Crippen LogP contribution is 2.57. The predicted octanol–water partition coefficient (Wildman–Crippen LogP) is 8.40. The van der Waals surface area contributed by atoms with Crippen molar-refractivity contribution in [1.82, 2.24) is 0 Å². The van der Waals surface area contributed by atoms with Crippen LogP contribution in [-0.4, -0.2) is 22.3 Å². The van der Waals surface area contributed by atoms with Gasteiger partial charge in [0.2, 0.25) is 0 Å². The monoisotopic (exact) mass is 460 g/mol. The molecule has 2 saturated carbocycles. The van der Waals surface area contributed by atoms with Gasteiger partial charge in [0, 0.05) is 5.38 Å². The number of allylic oxidation sites excluding steroid dienone is 8. The SMILES string of the molecule is C=C1/C(=C/C=C2/CCCC3(C)C(C(C)C/C=C/C(O)(CC)CC)=CCC23)CC(Cl)CC1F. The van der Waals surface area contributed by atoms with Crippen LogP contribution in [0.5, 0.6) is 0 Å². The van der Waals surface area contributed by atoms with Crippen molar-refractivity contribution in [2.75, 3.05) is 0 Å². The van der Waals surface area contributed by atoms with E-state index in [1.54, 1.807) is 5.57 Å². The number of hydrogen-bond acceptors (Lipinski definition) is 1. The molecular weight excluding hydrogens is 419 g/mol. The average Bonchev–Trinajstić information content (AvgIpc) is 3.12. The van der Waals surface area contributed by atoms with Crippen LogP contribution in [0.4, 0.5) is 4.39 Å². The summed E-state index contributed by atoms with van der Waals surface area (Å²) in [7, 11) is 0. The van der Waals surface area contributed by atoms with Crippen LogP contribution in [0.3, 0.4) is 0 Å². The van der Waals surface area contributed by atoms with Gasteiger partial charge in [-0.05, 0) is 86.2 Å². The molecule has 0 aromatic carbocycles. The maximum absolute atomic E-state index is 14.2. The minimum Gasteiger partial charge on any atom is -0.386 e. The van der Waals surface area contributed by atoms with Crippen molar-refractivity contribution in [3.8, 4) is 0 Å². The van der Waals surface area contributed by atoms with Gasteiger partial charge in [0.25, 0.3) is 0 Å². The Hall–Kier alpha value is -1.12. The Labute approximate surface area is 200 Å². The Morgan fingerprint density at radius 1 is 1.34 bits per heavy atom. The van der Waals surface area contributed by atoms with Crippen LogP contribution in [0, 0.1) is 17.3 Å². The summed E-state index contributed by atoms with van der Waals surface area (Å²) < 4.78 is 14.2. The van der Waals surface area contributed by atoms with Crippen LogP contribution in [0.25, 0.3) is 0 Å². The molecule has 0 amide bonds. The molecule has 2 fully saturated rings. The molecule has 0 spiro atoms. The maximum Gasteiger partial charge on any atom is 0.126 e. The summed E-state index contributed by atoms with van der Waals surface area (Å²) >= 11 is 6.27. The third-order valence-electron chi connectivity index (χ3n) is 8.48. The van der Waals surface area contributed by atoms with Crippen LogP contribution >= 0.6 is 11.6 Å². The first-order chi connectivity index (χ1) is 15.1.